The molecule has 0 bridgehead atoms. The summed E-state index contributed by atoms with van der Waals surface area (Å²) < 4.78 is 28.4. The maximum Gasteiger partial charge on any atom is 0.323 e. The van der Waals surface area contributed by atoms with Gasteiger partial charge in [0.05, 0.1) is 4.90 Å². The first kappa shape index (κ1) is 26.5. The summed E-state index contributed by atoms with van der Waals surface area (Å²) in [6.07, 6.45) is 9.15. The minimum atomic E-state index is -3.57. The predicted octanol–water partition coefficient (Wildman–Crippen LogP) is 1.09. The number of rotatable bonds is 10. The van der Waals surface area contributed by atoms with Gasteiger partial charge >= 0.3 is 6.03 Å². The zero-order chi connectivity index (χ0) is 26.5. The highest BCUT2D eigenvalue weighted by Crippen LogP contribution is 2.26. The molecule has 11 nitrogen and oxygen atoms in total. The summed E-state index contributed by atoms with van der Waals surface area (Å²) in [5, 5.41) is 9.59. The fourth-order valence-electron chi connectivity index (χ4n) is 5.24. The van der Waals surface area contributed by atoms with Crippen LogP contribution in [-0.2, 0) is 10.0 Å². The van der Waals surface area contributed by atoms with Crippen LogP contribution in [0.2, 0.25) is 0 Å². The maximum atomic E-state index is 12.8. The summed E-state index contributed by atoms with van der Waals surface area (Å²) in [6, 6.07) is 6.70. The van der Waals surface area contributed by atoms with Gasteiger partial charge in [0.2, 0.25) is 10.0 Å². The van der Waals surface area contributed by atoms with E-state index >= 15 is 0 Å². The van der Waals surface area contributed by atoms with Crippen molar-refractivity contribution < 1.29 is 13.2 Å². The standard InChI is InChI=1S/C26H38N8O3S/c27-25-29-11-4-16-33(25)14-2-1-3-15-34-18-20-17-23(30-24(20)31-26(34)35)19-5-7-22(8-6-19)38(36,37)32-21-9-12-28-13-10-21/h5-8,17-18,21,24,28,30,32H,1-4,9-16H2,(H2,27,29)(H,31,35). The number of carbonyl (C=O) groups is 1. The normalized spacial score (nSPS) is 22.3. The topological polar surface area (TPSA) is 144 Å². The number of guanidine groups is 1. The highest BCUT2D eigenvalue weighted by Gasteiger charge is 2.30. The van der Waals surface area contributed by atoms with Gasteiger partial charge in [0.25, 0.3) is 0 Å². The second kappa shape index (κ2) is 11.7. The van der Waals surface area contributed by atoms with Gasteiger partial charge in [0.15, 0.2) is 5.96 Å². The Hall–Kier alpha value is -3.09. The van der Waals surface area contributed by atoms with Gasteiger partial charge in [-0.1, -0.05) is 12.1 Å². The van der Waals surface area contributed by atoms with Crippen molar-refractivity contribution in [1.82, 2.24) is 30.5 Å². The van der Waals surface area contributed by atoms with Gasteiger partial charge in [-0.15, -0.1) is 0 Å². The third kappa shape index (κ3) is 6.30. The first-order chi connectivity index (χ1) is 18.4. The van der Waals surface area contributed by atoms with Crippen LogP contribution in [0.25, 0.3) is 5.70 Å². The fraction of sp³-hybridized carbons (Fsp3) is 0.538. The van der Waals surface area contributed by atoms with Gasteiger partial charge in [-0.2, -0.15) is 0 Å². The van der Waals surface area contributed by atoms with E-state index in [1.54, 1.807) is 29.2 Å². The van der Waals surface area contributed by atoms with E-state index in [0.717, 1.165) is 88.1 Å². The van der Waals surface area contributed by atoms with Crippen LogP contribution < -0.4 is 26.4 Å². The molecule has 1 unspecified atom stereocenters. The summed E-state index contributed by atoms with van der Waals surface area (Å²) >= 11 is 0. The van der Waals surface area contributed by atoms with Crippen molar-refractivity contribution in [3.8, 4) is 0 Å². The molecule has 0 aromatic heterocycles. The highest BCUT2D eigenvalue weighted by molar-refractivity contribution is 7.89. The number of carbonyl (C=O) groups excluding carboxylic acids is 1. The Bertz CT molecular complexity index is 1210. The van der Waals surface area contributed by atoms with Crippen molar-refractivity contribution in [3.63, 3.8) is 0 Å². The average molecular weight is 543 g/mol. The van der Waals surface area contributed by atoms with Gasteiger partial charge in [0, 0.05) is 49.7 Å². The number of amides is 2. The first-order valence-corrected chi connectivity index (χ1v) is 15.0. The zero-order valence-corrected chi connectivity index (χ0v) is 22.5. The number of nitrogens with two attached hydrogens (primary N) is 1. The van der Waals surface area contributed by atoms with Crippen molar-refractivity contribution in [2.75, 3.05) is 39.3 Å². The molecule has 4 heterocycles. The quantitative estimate of drug-likeness (QED) is 0.278. The third-order valence-electron chi connectivity index (χ3n) is 7.43. The molecule has 1 saturated heterocycles. The molecule has 0 spiro atoms. The molecule has 0 saturated carbocycles. The molecule has 0 aliphatic carbocycles. The monoisotopic (exact) mass is 542 g/mol. The number of benzene rings is 1. The predicted molar refractivity (Wildman–Crippen MR) is 147 cm³/mol. The van der Waals surface area contributed by atoms with Gasteiger partial charge in [-0.3, -0.25) is 4.99 Å². The molecule has 1 atom stereocenters. The Morgan fingerprint density at radius 1 is 1.05 bits per heavy atom. The Morgan fingerprint density at radius 3 is 2.58 bits per heavy atom. The molecule has 4 aliphatic heterocycles. The highest BCUT2D eigenvalue weighted by atomic mass is 32.2. The molecule has 12 heteroatoms. The molecule has 1 aromatic carbocycles. The van der Waals surface area contributed by atoms with Crippen LogP contribution >= 0.6 is 0 Å². The number of piperidine rings is 1. The van der Waals surface area contributed by atoms with Gasteiger partial charge in [0.1, 0.15) is 6.17 Å². The minimum Gasteiger partial charge on any atom is -0.370 e. The molecule has 0 radical (unpaired) electrons. The Labute approximate surface area is 224 Å². The van der Waals surface area contributed by atoms with Crippen molar-refractivity contribution in [2.45, 2.75) is 55.6 Å². The van der Waals surface area contributed by atoms with Crippen LogP contribution in [0.5, 0.6) is 0 Å². The zero-order valence-electron chi connectivity index (χ0n) is 21.7. The lowest BCUT2D eigenvalue weighted by Crippen LogP contribution is -2.51. The molecule has 1 fully saturated rings. The number of nitrogens with one attached hydrogen (secondary N) is 4. The van der Waals surface area contributed by atoms with E-state index in [9.17, 15) is 13.2 Å². The van der Waals surface area contributed by atoms with Gasteiger partial charge < -0.3 is 31.5 Å². The van der Waals surface area contributed by atoms with Crippen LogP contribution in [0, 0.1) is 0 Å². The number of sulfonamides is 1. The molecular formula is C26H38N8O3S. The van der Waals surface area contributed by atoms with Gasteiger partial charge in [-0.25, -0.2) is 17.9 Å². The molecule has 1 aromatic rings. The molecule has 2 amide bonds. The van der Waals surface area contributed by atoms with Crippen LogP contribution in [-0.4, -0.2) is 81.7 Å². The lowest BCUT2D eigenvalue weighted by atomic mass is 10.1. The van der Waals surface area contributed by atoms with E-state index in [4.69, 9.17) is 5.73 Å². The molecule has 206 valence electrons. The average Bonchev–Trinajstić information content (AvgIpc) is 3.32. The van der Waals surface area contributed by atoms with Crippen molar-refractivity contribution >= 4 is 27.7 Å². The third-order valence-corrected chi connectivity index (χ3v) is 8.96. The number of hydrogen-bond acceptors (Lipinski definition) is 8. The van der Waals surface area contributed by atoms with E-state index in [0.29, 0.717) is 12.5 Å². The lowest BCUT2D eigenvalue weighted by molar-refractivity contribution is 0.206. The van der Waals surface area contributed by atoms with Crippen LogP contribution in [0.4, 0.5) is 4.79 Å². The Kier molecular flexibility index (Phi) is 8.20. The summed E-state index contributed by atoms with van der Waals surface area (Å²) in [7, 11) is -3.57. The summed E-state index contributed by atoms with van der Waals surface area (Å²) in [5.74, 6) is 0.643. The van der Waals surface area contributed by atoms with Crippen LogP contribution in [0.3, 0.4) is 0 Å². The fourth-order valence-corrected chi connectivity index (χ4v) is 6.54. The summed E-state index contributed by atoms with van der Waals surface area (Å²) in [5.41, 5.74) is 8.64. The van der Waals surface area contributed by atoms with Crippen LogP contribution in [0.1, 0.15) is 44.1 Å². The minimum absolute atomic E-state index is 0.0373. The Balaban J connectivity index is 1.14. The van der Waals surface area contributed by atoms with Gasteiger partial charge in [-0.05, 0) is 75.4 Å². The lowest BCUT2D eigenvalue weighted by Gasteiger charge is -2.29. The second-order valence-electron chi connectivity index (χ2n) is 10.2. The molecule has 4 aliphatic rings. The van der Waals surface area contributed by atoms with E-state index < -0.39 is 10.0 Å². The van der Waals surface area contributed by atoms with Crippen LogP contribution in [0.15, 0.2) is 52.0 Å². The van der Waals surface area contributed by atoms with Crippen molar-refractivity contribution in [1.29, 1.82) is 0 Å². The van der Waals surface area contributed by atoms with E-state index in [2.05, 4.69) is 30.6 Å². The first-order valence-electron chi connectivity index (χ1n) is 13.5. The number of hydrogen-bond donors (Lipinski definition) is 5. The van der Waals surface area contributed by atoms with Crippen molar-refractivity contribution in [3.05, 3.63) is 47.7 Å². The molecule has 6 N–H and O–H groups in total. The summed E-state index contributed by atoms with van der Waals surface area (Å²) in [6.45, 7) is 4.96. The molecular weight excluding hydrogens is 504 g/mol. The van der Waals surface area contributed by atoms with E-state index in [1.807, 2.05) is 12.3 Å². The molecule has 5 rings (SSSR count). The van der Waals surface area contributed by atoms with E-state index in [-0.39, 0.29) is 23.1 Å². The number of fused-ring (bicyclic) bond motifs is 1. The maximum absolute atomic E-state index is 12.8. The number of urea groups is 1. The van der Waals surface area contributed by atoms with Crippen molar-refractivity contribution in [2.24, 2.45) is 10.7 Å². The second-order valence-corrected chi connectivity index (χ2v) is 11.9. The number of nitrogens with zero attached hydrogens (tertiary/aromatic N) is 3. The smallest absolute Gasteiger partial charge is 0.323 e. The largest absolute Gasteiger partial charge is 0.370 e. The number of aliphatic imine (C=N–C) groups is 1. The van der Waals surface area contributed by atoms with E-state index in [1.165, 1.54) is 0 Å². The number of unbranched alkanes of at least 4 members (excludes halogenated alkanes) is 2. The molecule has 38 heavy (non-hydrogen) atoms. The SMILES string of the molecule is NC1=NCCCN1CCCCCN1C=C2C=C(c3ccc(S(=O)(=O)NC4CCNCC4)cc3)NC2NC1=O. The summed E-state index contributed by atoms with van der Waals surface area (Å²) in [4.78, 5) is 21.1. The Morgan fingerprint density at radius 2 is 1.82 bits per heavy atom.